The van der Waals surface area contributed by atoms with Gasteiger partial charge in [-0.25, -0.2) is 0 Å². The fraction of sp³-hybridized carbons (Fsp3) is 0.174. The number of nitrogens with zero attached hydrogens (tertiary/aromatic N) is 1. The van der Waals surface area contributed by atoms with Crippen LogP contribution >= 0.6 is 34.8 Å². The van der Waals surface area contributed by atoms with E-state index in [4.69, 9.17) is 39.6 Å². The summed E-state index contributed by atoms with van der Waals surface area (Å²) in [5, 5.41) is 6.84. The van der Waals surface area contributed by atoms with Gasteiger partial charge in [0.1, 0.15) is 6.29 Å². The lowest BCUT2D eigenvalue weighted by atomic mass is 9.85. The number of carbonyl (C=O) groups is 2. The Labute approximate surface area is 206 Å². The highest BCUT2D eigenvalue weighted by Crippen LogP contribution is 2.51. The normalized spacial score (nSPS) is 17.9. The van der Waals surface area contributed by atoms with Crippen LogP contribution in [0.5, 0.6) is 0 Å². The first-order chi connectivity index (χ1) is 16.1. The Morgan fingerprint density at radius 2 is 1.74 bits per heavy atom. The molecule has 4 rings (SSSR count). The minimum Gasteiger partial charge on any atom is -0.374 e. The minimum atomic E-state index is -4.87. The number of carbonyl (C=O) groups excluding carboxylic acids is 2. The van der Waals surface area contributed by atoms with Gasteiger partial charge in [0, 0.05) is 23.1 Å². The number of nitrogens with one attached hydrogen (secondary N) is 1. The number of hydrogen-bond acceptors (Lipinski definition) is 4. The van der Waals surface area contributed by atoms with E-state index < -0.39 is 24.1 Å². The van der Waals surface area contributed by atoms with Crippen LogP contribution in [0.4, 0.5) is 13.2 Å². The largest absolute Gasteiger partial charge is 0.435 e. The lowest BCUT2D eigenvalue weighted by Gasteiger charge is -2.30. The molecule has 0 aliphatic carbocycles. The van der Waals surface area contributed by atoms with E-state index in [1.807, 2.05) is 0 Å². The van der Waals surface area contributed by atoms with E-state index in [1.165, 1.54) is 12.1 Å². The number of alkyl halides is 3. The van der Waals surface area contributed by atoms with Crippen LogP contribution in [0, 0.1) is 0 Å². The first kappa shape index (κ1) is 24.3. The maximum Gasteiger partial charge on any atom is 0.435 e. The number of aldehydes is 1. The Morgan fingerprint density at radius 1 is 1.09 bits per heavy atom. The molecule has 0 saturated carbocycles. The highest BCUT2D eigenvalue weighted by Gasteiger charge is 2.62. The maximum absolute atomic E-state index is 14.4. The monoisotopic (exact) mass is 528 g/mol. The molecule has 34 heavy (non-hydrogen) atoms. The van der Waals surface area contributed by atoms with E-state index >= 15 is 0 Å². The Hall–Kier alpha value is -2.81. The number of oxime groups is 1. The fourth-order valence-corrected chi connectivity index (χ4v) is 4.41. The summed E-state index contributed by atoms with van der Waals surface area (Å²) in [5.41, 5.74) is -2.52. The van der Waals surface area contributed by atoms with E-state index in [1.54, 1.807) is 24.3 Å². The summed E-state index contributed by atoms with van der Waals surface area (Å²) in [4.78, 5) is 28.1. The molecular formula is C23H14Cl3F3N2O3. The quantitative estimate of drug-likeness (QED) is 0.311. The molecule has 176 valence electrons. The topological polar surface area (TPSA) is 67.8 Å². The molecule has 3 aromatic rings. The van der Waals surface area contributed by atoms with Crippen LogP contribution in [0.3, 0.4) is 0 Å². The van der Waals surface area contributed by atoms with Gasteiger partial charge in [-0.05, 0) is 29.0 Å². The van der Waals surface area contributed by atoms with Crippen molar-refractivity contribution in [3.05, 3.63) is 80.3 Å². The molecule has 1 amide bonds. The maximum atomic E-state index is 14.4. The molecule has 1 atom stereocenters. The molecule has 1 aliphatic rings. The molecule has 0 aromatic heterocycles. The predicted molar refractivity (Wildman–Crippen MR) is 124 cm³/mol. The fourth-order valence-electron chi connectivity index (χ4n) is 3.82. The molecular weight excluding hydrogens is 516 g/mol. The number of halogens is 6. The van der Waals surface area contributed by atoms with E-state index in [-0.39, 0.29) is 38.5 Å². The second kappa shape index (κ2) is 9.09. The minimum absolute atomic E-state index is 0.0237. The van der Waals surface area contributed by atoms with Crippen molar-refractivity contribution < 1.29 is 27.6 Å². The van der Waals surface area contributed by atoms with Gasteiger partial charge in [-0.15, -0.1) is 0 Å². The first-order valence-corrected chi connectivity index (χ1v) is 10.9. The number of amides is 1. The van der Waals surface area contributed by atoms with Gasteiger partial charge in [-0.2, -0.15) is 13.2 Å². The predicted octanol–water partition coefficient (Wildman–Crippen LogP) is 6.31. The summed E-state index contributed by atoms with van der Waals surface area (Å²) in [6.07, 6.45) is -4.99. The smallest absolute Gasteiger partial charge is 0.374 e. The standard InChI is InChI=1S/C23H14Cl3F3N2O3/c24-17-9-12(10-18(25)20(17)26)22(23(27,28)29)11-19(31-34-22)15-5-6-16(21(33)30-7-8-32)14-4-2-1-3-13(14)15/h1-6,8-10H,7,11H2,(H,30,33). The van der Waals surface area contributed by atoms with Crippen molar-refractivity contribution in [2.45, 2.75) is 18.2 Å². The zero-order valence-corrected chi connectivity index (χ0v) is 19.3. The lowest BCUT2D eigenvalue weighted by Crippen LogP contribution is -2.42. The summed E-state index contributed by atoms with van der Waals surface area (Å²) in [6.45, 7) is -0.171. The van der Waals surface area contributed by atoms with Gasteiger partial charge in [0.05, 0.1) is 27.3 Å². The van der Waals surface area contributed by atoms with Crippen molar-refractivity contribution in [1.82, 2.24) is 5.32 Å². The number of fused-ring (bicyclic) bond motifs is 1. The molecule has 1 N–H and O–H groups in total. The van der Waals surface area contributed by atoms with Crippen LogP contribution in [0.1, 0.15) is 27.9 Å². The van der Waals surface area contributed by atoms with Gasteiger partial charge in [-0.1, -0.05) is 70.3 Å². The van der Waals surface area contributed by atoms with Gasteiger partial charge >= 0.3 is 6.18 Å². The summed E-state index contributed by atoms with van der Waals surface area (Å²) < 4.78 is 43.1. The summed E-state index contributed by atoms with van der Waals surface area (Å²) in [5.74, 6) is -0.491. The lowest BCUT2D eigenvalue weighted by molar-refractivity contribution is -0.275. The van der Waals surface area contributed by atoms with Crippen molar-refractivity contribution >= 4 is 63.5 Å². The van der Waals surface area contributed by atoms with Crippen LogP contribution in [0.25, 0.3) is 10.8 Å². The Balaban J connectivity index is 1.79. The van der Waals surface area contributed by atoms with Crippen molar-refractivity contribution in [2.24, 2.45) is 5.16 Å². The number of hydrogen-bond donors (Lipinski definition) is 1. The van der Waals surface area contributed by atoms with Gasteiger partial charge < -0.3 is 14.9 Å². The average molecular weight is 530 g/mol. The van der Waals surface area contributed by atoms with Crippen LogP contribution in [-0.2, 0) is 15.2 Å². The van der Waals surface area contributed by atoms with E-state index in [0.717, 1.165) is 12.1 Å². The molecule has 0 spiro atoms. The van der Waals surface area contributed by atoms with Gasteiger partial charge in [0.2, 0.25) is 0 Å². The van der Waals surface area contributed by atoms with Crippen molar-refractivity contribution in [3.63, 3.8) is 0 Å². The molecule has 5 nitrogen and oxygen atoms in total. The van der Waals surface area contributed by atoms with Gasteiger partial charge in [0.25, 0.3) is 11.5 Å². The van der Waals surface area contributed by atoms with Crippen molar-refractivity contribution in [2.75, 3.05) is 6.54 Å². The van der Waals surface area contributed by atoms with E-state index in [9.17, 15) is 22.8 Å². The molecule has 0 radical (unpaired) electrons. The Bertz CT molecular complexity index is 1320. The van der Waals surface area contributed by atoms with Crippen LogP contribution in [-0.4, -0.2) is 30.6 Å². The molecule has 11 heteroatoms. The van der Waals surface area contributed by atoms with E-state index in [0.29, 0.717) is 22.6 Å². The molecule has 0 fully saturated rings. The SMILES string of the molecule is O=CCNC(=O)c1ccc(C2=NOC(c3cc(Cl)c(Cl)c(Cl)c3)(C(F)(F)F)C2)c2ccccc12. The van der Waals surface area contributed by atoms with Crippen LogP contribution in [0.2, 0.25) is 15.1 Å². The summed E-state index contributed by atoms with van der Waals surface area (Å²) in [7, 11) is 0. The third-order valence-corrected chi connectivity index (χ3v) is 6.66. The zero-order chi connectivity index (χ0) is 24.7. The third-order valence-electron chi connectivity index (χ3n) is 5.46. The third kappa shape index (κ3) is 4.10. The van der Waals surface area contributed by atoms with Crippen molar-refractivity contribution in [3.8, 4) is 0 Å². The summed E-state index contributed by atoms with van der Waals surface area (Å²) >= 11 is 17.9. The Morgan fingerprint density at radius 3 is 2.35 bits per heavy atom. The average Bonchev–Trinajstić information content (AvgIpc) is 3.26. The van der Waals surface area contributed by atoms with Gasteiger partial charge in [-0.3, -0.25) is 4.79 Å². The summed E-state index contributed by atoms with van der Waals surface area (Å²) in [6, 6.07) is 11.8. The molecule has 0 saturated heterocycles. The Kier molecular flexibility index (Phi) is 6.50. The molecule has 1 heterocycles. The van der Waals surface area contributed by atoms with Crippen LogP contribution < -0.4 is 5.32 Å². The highest BCUT2D eigenvalue weighted by atomic mass is 35.5. The molecule has 1 aliphatic heterocycles. The van der Waals surface area contributed by atoms with Gasteiger partial charge in [0.15, 0.2) is 0 Å². The first-order valence-electron chi connectivity index (χ1n) is 9.80. The van der Waals surface area contributed by atoms with Crippen molar-refractivity contribution in [1.29, 1.82) is 0 Å². The molecule has 3 aromatic carbocycles. The molecule has 1 unspecified atom stereocenters. The van der Waals surface area contributed by atoms with Crippen LogP contribution in [0.15, 0.2) is 53.7 Å². The number of rotatable bonds is 5. The molecule has 0 bridgehead atoms. The second-order valence-corrected chi connectivity index (χ2v) is 8.66. The van der Waals surface area contributed by atoms with E-state index in [2.05, 4.69) is 10.5 Å². The zero-order valence-electron chi connectivity index (χ0n) is 17.1. The highest BCUT2D eigenvalue weighted by molar-refractivity contribution is 6.48. The number of benzene rings is 3. The second-order valence-electron chi connectivity index (χ2n) is 7.47.